The molecule has 0 saturated carbocycles. The minimum absolute atomic E-state index is 0.0574. The summed E-state index contributed by atoms with van der Waals surface area (Å²) in [6, 6.07) is 12.7. The molecule has 0 saturated heterocycles. The molecule has 0 aliphatic rings. The van der Waals surface area contributed by atoms with Crippen LogP contribution in [0.4, 0.5) is 10.1 Å². The Morgan fingerprint density at radius 1 is 1.00 bits per heavy atom. The van der Waals surface area contributed by atoms with E-state index in [4.69, 9.17) is 9.47 Å². The number of amides is 2. The highest BCUT2D eigenvalue weighted by atomic mass is 19.1. The summed E-state index contributed by atoms with van der Waals surface area (Å²) in [6.45, 7) is -0.560. The van der Waals surface area contributed by atoms with E-state index in [2.05, 4.69) is 10.6 Å². The molecule has 0 aromatic heterocycles. The second kappa shape index (κ2) is 8.52. The van der Waals surface area contributed by atoms with Gasteiger partial charge in [0.25, 0.3) is 5.91 Å². The van der Waals surface area contributed by atoms with E-state index in [1.54, 1.807) is 30.3 Å². The Labute approximate surface area is 138 Å². The molecular formula is C17H17FN2O4. The highest BCUT2D eigenvalue weighted by Crippen LogP contribution is 2.25. The van der Waals surface area contributed by atoms with Crippen molar-refractivity contribution in [1.82, 2.24) is 5.32 Å². The van der Waals surface area contributed by atoms with E-state index in [-0.39, 0.29) is 18.8 Å². The maximum atomic E-state index is 13.4. The van der Waals surface area contributed by atoms with Gasteiger partial charge >= 0.3 is 0 Å². The van der Waals surface area contributed by atoms with Crippen molar-refractivity contribution in [2.45, 2.75) is 0 Å². The van der Waals surface area contributed by atoms with Crippen LogP contribution in [0.1, 0.15) is 0 Å². The van der Waals surface area contributed by atoms with Gasteiger partial charge in [-0.25, -0.2) is 4.39 Å². The van der Waals surface area contributed by atoms with E-state index < -0.39 is 17.6 Å². The fraction of sp³-hybridized carbons (Fsp3) is 0.176. The third-order valence-corrected chi connectivity index (χ3v) is 3.02. The number of hydrogen-bond acceptors (Lipinski definition) is 4. The Bertz CT molecular complexity index is 721. The van der Waals surface area contributed by atoms with Crippen molar-refractivity contribution >= 4 is 17.5 Å². The van der Waals surface area contributed by atoms with Gasteiger partial charge in [-0.1, -0.05) is 24.3 Å². The Morgan fingerprint density at radius 3 is 2.38 bits per heavy atom. The van der Waals surface area contributed by atoms with Gasteiger partial charge in [-0.05, 0) is 24.3 Å². The Balaban J connectivity index is 1.77. The van der Waals surface area contributed by atoms with Crippen LogP contribution in [-0.2, 0) is 9.59 Å². The molecular weight excluding hydrogens is 315 g/mol. The molecule has 0 bridgehead atoms. The molecule has 2 rings (SSSR count). The maximum Gasteiger partial charge on any atom is 0.258 e. The standard InChI is InChI=1S/C17H17FN2O4/c1-23-14-8-4-5-9-15(14)24-11-17(22)19-10-16(21)20-13-7-3-2-6-12(13)18/h2-9H,10-11H2,1H3,(H,19,22)(H,20,21). The molecule has 0 unspecified atom stereocenters. The first kappa shape index (κ1) is 17.3. The number of carbonyl (C=O) groups is 2. The summed E-state index contributed by atoms with van der Waals surface area (Å²) in [5.74, 6) is -0.638. The normalized spacial score (nSPS) is 9.92. The van der Waals surface area contributed by atoms with Crippen molar-refractivity contribution in [3.63, 3.8) is 0 Å². The lowest BCUT2D eigenvalue weighted by Gasteiger charge is -2.10. The lowest BCUT2D eigenvalue weighted by molar-refractivity contribution is -0.125. The van der Waals surface area contributed by atoms with Gasteiger partial charge < -0.3 is 20.1 Å². The molecule has 24 heavy (non-hydrogen) atoms. The quantitative estimate of drug-likeness (QED) is 0.813. The molecule has 0 fully saturated rings. The SMILES string of the molecule is COc1ccccc1OCC(=O)NCC(=O)Nc1ccccc1F. The van der Waals surface area contributed by atoms with Crippen LogP contribution in [0.2, 0.25) is 0 Å². The van der Waals surface area contributed by atoms with Crippen molar-refractivity contribution < 1.29 is 23.5 Å². The van der Waals surface area contributed by atoms with Crippen LogP contribution in [0.15, 0.2) is 48.5 Å². The third kappa shape index (κ3) is 4.98. The fourth-order valence-electron chi connectivity index (χ4n) is 1.87. The summed E-state index contributed by atoms with van der Waals surface area (Å²) in [7, 11) is 1.50. The number of hydrogen-bond donors (Lipinski definition) is 2. The Morgan fingerprint density at radius 2 is 1.67 bits per heavy atom. The highest BCUT2D eigenvalue weighted by molar-refractivity contribution is 5.94. The molecule has 2 aromatic carbocycles. The largest absolute Gasteiger partial charge is 0.493 e. The lowest BCUT2D eigenvalue weighted by Crippen LogP contribution is -2.35. The fourth-order valence-corrected chi connectivity index (χ4v) is 1.87. The molecule has 6 nitrogen and oxygen atoms in total. The number of ether oxygens (including phenoxy) is 2. The zero-order valence-corrected chi connectivity index (χ0v) is 13.0. The number of anilines is 1. The number of rotatable bonds is 7. The van der Waals surface area contributed by atoms with E-state index in [0.717, 1.165) is 0 Å². The molecule has 2 N–H and O–H groups in total. The average molecular weight is 332 g/mol. The summed E-state index contributed by atoms with van der Waals surface area (Å²) < 4.78 is 23.8. The van der Waals surface area contributed by atoms with Gasteiger partial charge in [-0.3, -0.25) is 9.59 Å². The number of carbonyl (C=O) groups excluding carboxylic acids is 2. The molecule has 0 spiro atoms. The van der Waals surface area contributed by atoms with Crippen LogP contribution in [0, 0.1) is 5.82 Å². The van der Waals surface area contributed by atoms with Crippen LogP contribution in [0.5, 0.6) is 11.5 Å². The van der Waals surface area contributed by atoms with Crippen LogP contribution in [-0.4, -0.2) is 32.1 Å². The first-order valence-corrected chi connectivity index (χ1v) is 7.17. The van der Waals surface area contributed by atoms with Crippen molar-refractivity contribution in [2.75, 3.05) is 25.6 Å². The van der Waals surface area contributed by atoms with E-state index >= 15 is 0 Å². The number of para-hydroxylation sites is 3. The lowest BCUT2D eigenvalue weighted by atomic mass is 10.3. The van der Waals surface area contributed by atoms with Gasteiger partial charge in [0, 0.05) is 0 Å². The zero-order valence-electron chi connectivity index (χ0n) is 13.0. The Hall–Kier alpha value is -3.09. The summed E-state index contributed by atoms with van der Waals surface area (Å²) in [6.07, 6.45) is 0. The highest BCUT2D eigenvalue weighted by Gasteiger charge is 2.10. The average Bonchev–Trinajstić information content (AvgIpc) is 2.60. The van der Waals surface area contributed by atoms with E-state index in [1.807, 2.05) is 0 Å². The van der Waals surface area contributed by atoms with Crippen LogP contribution >= 0.6 is 0 Å². The van der Waals surface area contributed by atoms with Crippen molar-refractivity contribution in [3.8, 4) is 11.5 Å². The van der Waals surface area contributed by atoms with Crippen LogP contribution in [0.3, 0.4) is 0 Å². The zero-order chi connectivity index (χ0) is 17.4. The van der Waals surface area contributed by atoms with Crippen LogP contribution < -0.4 is 20.1 Å². The van der Waals surface area contributed by atoms with Gasteiger partial charge in [-0.15, -0.1) is 0 Å². The topological polar surface area (TPSA) is 76.7 Å². The summed E-state index contributed by atoms with van der Waals surface area (Å²) in [4.78, 5) is 23.4. The summed E-state index contributed by atoms with van der Waals surface area (Å²) in [5, 5.41) is 4.76. The molecule has 126 valence electrons. The minimum Gasteiger partial charge on any atom is -0.493 e. The van der Waals surface area contributed by atoms with E-state index in [9.17, 15) is 14.0 Å². The second-order valence-electron chi connectivity index (χ2n) is 4.74. The summed E-state index contributed by atoms with van der Waals surface area (Å²) >= 11 is 0. The minimum atomic E-state index is -0.545. The third-order valence-electron chi connectivity index (χ3n) is 3.02. The Kier molecular flexibility index (Phi) is 6.13. The number of halogens is 1. The first-order chi connectivity index (χ1) is 11.6. The molecule has 2 aromatic rings. The molecule has 0 heterocycles. The molecule has 0 atom stereocenters. The van der Waals surface area contributed by atoms with Crippen molar-refractivity contribution in [3.05, 3.63) is 54.3 Å². The molecule has 2 amide bonds. The van der Waals surface area contributed by atoms with Gasteiger partial charge in [-0.2, -0.15) is 0 Å². The number of benzene rings is 2. The van der Waals surface area contributed by atoms with Crippen LogP contribution in [0.25, 0.3) is 0 Å². The van der Waals surface area contributed by atoms with Gasteiger partial charge in [0.15, 0.2) is 18.1 Å². The van der Waals surface area contributed by atoms with Crippen molar-refractivity contribution in [1.29, 1.82) is 0 Å². The van der Waals surface area contributed by atoms with E-state index in [0.29, 0.717) is 11.5 Å². The van der Waals surface area contributed by atoms with Gasteiger partial charge in [0.05, 0.1) is 19.3 Å². The van der Waals surface area contributed by atoms with E-state index in [1.165, 1.54) is 25.3 Å². The second-order valence-corrected chi connectivity index (χ2v) is 4.74. The smallest absolute Gasteiger partial charge is 0.258 e. The predicted molar refractivity (Wildman–Crippen MR) is 86.5 cm³/mol. The molecule has 0 aliphatic heterocycles. The van der Waals surface area contributed by atoms with Crippen molar-refractivity contribution in [2.24, 2.45) is 0 Å². The maximum absolute atomic E-state index is 13.4. The van der Waals surface area contributed by atoms with Gasteiger partial charge in [0.2, 0.25) is 5.91 Å². The van der Waals surface area contributed by atoms with Gasteiger partial charge in [0.1, 0.15) is 5.82 Å². The molecule has 7 heteroatoms. The first-order valence-electron chi connectivity index (χ1n) is 7.17. The molecule has 0 radical (unpaired) electrons. The number of nitrogens with one attached hydrogen (secondary N) is 2. The summed E-state index contributed by atoms with van der Waals surface area (Å²) in [5.41, 5.74) is 0.0574. The molecule has 0 aliphatic carbocycles. The predicted octanol–water partition coefficient (Wildman–Crippen LogP) is 1.97. The number of methoxy groups -OCH3 is 1. The monoisotopic (exact) mass is 332 g/mol.